The molecule has 1 N–H and O–H groups in total. The van der Waals surface area contributed by atoms with Gasteiger partial charge in [0.2, 0.25) is 0 Å². The van der Waals surface area contributed by atoms with Gasteiger partial charge in [-0.2, -0.15) is 0 Å². The lowest BCUT2D eigenvalue weighted by Gasteiger charge is -2.10. The number of aryl methyl sites for hydroxylation is 2. The van der Waals surface area contributed by atoms with Crippen molar-refractivity contribution in [3.05, 3.63) is 42.1 Å². The summed E-state index contributed by atoms with van der Waals surface area (Å²) in [6.45, 7) is 2.25. The molecular weight excluding hydrogens is 294 g/mol. The van der Waals surface area contributed by atoms with Crippen LogP contribution in [0.2, 0.25) is 0 Å². The summed E-state index contributed by atoms with van der Waals surface area (Å²) in [4.78, 5) is 20.1. The SMILES string of the molecule is COc1ccccc1-c1nc2cc(C)cnc2n1CCC(=O)O. The van der Waals surface area contributed by atoms with Crippen LogP contribution in [0.4, 0.5) is 0 Å². The first-order chi connectivity index (χ1) is 11.1. The van der Waals surface area contributed by atoms with E-state index in [0.29, 0.717) is 23.8 Å². The van der Waals surface area contributed by atoms with E-state index in [2.05, 4.69) is 9.97 Å². The summed E-state index contributed by atoms with van der Waals surface area (Å²) in [5.41, 5.74) is 3.25. The van der Waals surface area contributed by atoms with Crippen molar-refractivity contribution in [2.75, 3.05) is 7.11 Å². The number of carboxylic acids is 1. The van der Waals surface area contributed by atoms with Gasteiger partial charge in [-0.05, 0) is 30.7 Å². The van der Waals surface area contributed by atoms with Crippen molar-refractivity contribution in [2.45, 2.75) is 19.9 Å². The first kappa shape index (κ1) is 15.0. The Kier molecular flexibility index (Phi) is 3.97. The number of fused-ring (bicyclic) bond motifs is 1. The van der Waals surface area contributed by atoms with E-state index in [9.17, 15) is 4.79 Å². The number of carboxylic acid groups (broad SMARTS) is 1. The maximum absolute atomic E-state index is 11.0. The van der Waals surface area contributed by atoms with Gasteiger partial charge in [0.1, 0.15) is 17.1 Å². The topological polar surface area (TPSA) is 77.2 Å². The number of hydrogen-bond donors (Lipinski definition) is 1. The lowest BCUT2D eigenvalue weighted by atomic mass is 10.2. The number of methoxy groups -OCH3 is 1. The third kappa shape index (κ3) is 2.88. The number of aromatic nitrogens is 3. The maximum atomic E-state index is 11.0. The number of benzene rings is 1. The van der Waals surface area contributed by atoms with Crippen LogP contribution in [0.5, 0.6) is 5.75 Å². The Morgan fingerprint density at radius 2 is 2.13 bits per heavy atom. The molecule has 23 heavy (non-hydrogen) atoms. The van der Waals surface area contributed by atoms with Crippen LogP contribution in [0.15, 0.2) is 36.5 Å². The van der Waals surface area contributed by atoms with Crippen LogP contribution in [0.25, 0.3) is 22.6 Å². The van der Waals surface area contributed by atoms with E-state index in [1.54, 1.807) is 13.3 Å². The van der Waals surface area contributed by atoms with Gasteiger partial charge in [-0.3, -0.25) is 4.79 Å². The number of rotatable bonds is 5. The summed E-state index contributed by atoms with van der Waals surface area (Å²) in [7, 11) is 1.60. The van der Waals surface area contributed by atoms with Crippen molar-refractivity contribution in [1.29, 1.82) is 0 Å². The fourth-order valence-electron chi connectivity index (χ4n) is 2.57. The molecule has 0 saturated heterocycles. The Bertz CT molecular complexity index is 871. The normalized spacial score (nSPS) is 10.9. The Morgan fingerprint density at radius 1 is 1.35 bits per heavy atom. The molecule has 3 rings (SSSR count). The predicted molar refractivity (Wildman–Crippen MR) is 86.5 cm³/mol. The smallest absolute Gasteiger partial charge is 0.305 e. The zero-order valence-corrected chi connectivity index (χ0v) is 13.0. The number of imidazole rings is 1. The Morgan fingerprint density at radius 3 is 2.87 bits per heavy atom. The number of nitrogens with zero attached hydrogens (tertiary/aromatic N) is 3. The number of carbonyl (C=O) groups is 1. The van der Waals surface area contributed by atoms with Crippen molar-refractivity contribution < 1.29 is 14.6 Å². The molecule has 0 aliphatic heterocycles. The third-order valence-corrected chi connectivity index (χ3v) is 3.62. The van der Waals surface area contributed by atoms with Crippen LogP contribution < -0.4 is 4.74 Å². The molecule has 0 unspecified atom stereocenters. The third-order valence-electron chi connectivity index (χ3n) is 3.62. The number of ether oxygens (including phenoxy) is 1. The molecule has 6 heteroatoms. The Hall–Kier alpha value is -2.89. The van der Waals surface area contributed by atoms with Crippen molar-refractivity contribution in [1.82, 2.24) is 14.5 Å². The molecule has 0 amide bonds. The molecule has 0 fully saturated rings. The van der Waals surface area contributed by atoms with Crippen molar-refractivity contribution in [3.8, 4) is 17.1 Å². The van der Waals surface area contributed by atoms with Gasteiger partial charge in [0.15, 0.2) is 5.65 Å². The minimum absolute atomic E-state index is 0.00314. The molecule has 0 saturated carbocycles. The van der Waals surface area contributed by atoms with Crippen LogP contribution in [0, 0.1) is 6.92 Å². The molecule has 0 spiro atoms. The van der Waals surface area contributed by atoms with Gasteiger partial charge < -0.3 is 14.4 Å². The largest absolute Gasteiger partial charge is 0.496 e. The highest BCUT2D eigenvalue weighted by molar-refractivity contribution is 5.79. The fourth-order valence-corrected chi connectivity index (χ4v) is 2.57. The van der Waals surface area contributed by atoms with Crippen LogP contribution in [0.3, 0.4) is 0 Å². The second-order valence-corrected chi connectivity index (χ2v) is 5.29. The molecule has 0 bridgehead atoms. The molecule has 6 nitrogen and oxygen atoms in total. The zero-order valence-electron chi connectivity index (χ0n) is 13.0. The number of aliphatic carboxylic acids is 1. The summed E-state index contributed by atoms with van der Waals surface area (Å²) >= 11 is 0. The van der Waals surface area contributed by atoms with E-state index in [1.165, 1.54) is 0 Å². The summed E-state index contributed by atoms with van der Waals surface area (Å²) in [5.74, 6) is 0.498. The molecule has 118 valence electrons. The fraction of sp³-hybridized carbons (Fsp3) is 0.235. The van der Waals surface area contributed by atoms with E-state index in [1.807, 2.05) is 41.8 Å². The molecule has 1 aromatic carbocycles. The first-order valence-electron chi connectivity index (χ1n) is 7.28. The average molecular weight is 311 g/mol. The molecule has 0 aliphatic rings. The molecule has 0 atom stereocenters. The number of para-hydroxylation sites is 1. The van der Waals surface area contributed by atoms with E-state index in [4.69, 9.17) is 9.84 Å². The van der Waals surface area contributed by atoms with E-state index in [-0.39, 0.29) is 6.42 Å². The van der Waals surface area contributed by atoms with E-state index >= 15 is 0 Å². The standard InChI is InChI=1S/C17H17N3O3/c1-11-9-13-17(18-10-11)20(8-7-15(21)22)16(19-13)12-5-3-4-6-14(12)23-2/h3-6,9-10H,7-8H2,1-2H3,(H,21,22). The van der Waals surface area contributed by atoms with Crippen molar-refractivity contribution in [2.24, 2.45) is 0 Å². The van der Waals surface area contributed by atoms with Gasteiger partial charge in [0, 0.05) is 12.7 Å². The molecule has 2 aromatic heterocycles. The highest BCUT2D eigenvalue weighted by Crippen LogP contribution is 2.31. The minimum Gasteiger partial charge on any atom is -0.496 e. The first-order valence-corrected chi connectivity index (χ1v) is 7.28. The van der Waals surface area contributed by atoms with Crippen LogP contribution >= 0.6 is 0 Å². The predicted octanol–water partition coefficient (Wildman–Crippen LogP) is 2.89. The van der Waals surface area contributed by atoms with E-state index in [0.717, 1.165) is 16.6 Å². The zero-order chi connectivity index (χ0) is 16.4. The van der Waals surface area contributed by atoms with Gasteiger partial charge >= 0.3 is 5.97 Å². The number of pyridine rings is 1. The van der Waals surface area contributed by atoms with Gasteiger partial charge in [-0.25, -0.2) is 9.97 Å². The van der Waals surface area contributed by atoms with Gasteiger partial charge in [0.25, 0.3) is 0 Å². The quantitative estimate of drug-likeness (QED) is 0.784. The molecule has 0 radical (unpaired) electrons. The minimum atomic E-state index is -0.857. The number of hydrogen-bond acceptors (Lipinski definition) is 4. The lowest BCUT2D eigenvalue weighted by Crippen LogP contribution is -2.07. The van der Waals surface area contributed by atoms with Gasteiger partial charge in [-0.1, -0.05) is 12.1 Å². The molecule has 3 aromatic rings. The van der Waals surface area contributed by atoms with Gasteiger partial charge in [0.05, 0.1) is 19.1 Å². The monoisotopic (exact) mass is 311 g/mol. The highest BCUT2D eigenvalue weighted by Gasteiger charge is 2.17. The van der Waals surface area contributed by atoms with Crippen LogP contribution in [-0.4, -0.2) is 32.7 Å². The lowest BCUT2D eigenvalue weighted by molar-refractivity contribution is -0.137. The van der Waals surface area contributed by atoms with E-state index < -0.39 is 5.97 Å². The van der Waals surface area contributed by atoms with Gasteiger partial charge in [-0.15, -0.1) is 0 Å². The summed E-state index contributed by atoms with van der Waals surface area (Å²) in [6, 6.07) is 9.49. The summed E-state index contributed by atoms with van der Waals surface area (Å²) < 4.78 is 7.24. The molecular formula is C17H17N3O3. The summed E-state index contributed by atoms with van der Waals surface area (Å²) in [6.07, 6.45) is 1.76. The Labute approximate surface area is 133 Å². The summed E-state index contributed by atoms with van der Waals surface area (Å²) in [5, 5.41) is 9.01. The molecule has 0 aliphatic carbocycles. The second kappa shape index (κ2) is 6.08. The Balaban J connectivity index is 2.21. The maximum Gasteiger partial charge on any atom is 0.305 e. The average Bonchev–Trinajstić information content (AvgIpc) is 2.90. The second-order valence-electron chi connectivity index (χ2n) is 5.29. The highest BCUT2D eigenvalue weighted by atomic mass is 16.5. The molecule has 2 heterocycles. The van der Waals surface area contributed by atoms with Crippen molar-refractivity contribution in [3.63, 3.8) is 0 Å². The van der Waals surface area contributed by atoms with Crippen LogP contribution in [0.1, 0.15) is 12.0 Å². The van der Waals surface area contributed by atoms with Crippen LogP contribution in [-0.2, 0) is 11.3 Å². The van der Waals surface area contributed by atoms with Crippen molar-refractivity contribution >= 4 is 17.1 Å².